The van der Waals surface area contributed by atoms with Crippen LogP contribution in [-0.4, -0.2) is 34.7 Å². The van der Waals surface area contributed by atoms with Crippen molar-refractivity contribution in [1.29, 1.82) is 0 Å². The molecule has 1 unspecified atom stereocenters. The molecule has 3 rings (SSSR count). The Balaban J connectivity index is 1.61. The van der Waals surface area contributed by atoms with E-state index in [9.17, 15) is 9.59 Å². The maximum atomic E-state index is 12.4. The highest BCUT2D eigenvalue weighted by atomic mass is 16.5. The van der Waals surface area contributed by atoms with Crippen molar-refractivity contribution in [3.05, 3.63) is 70.3 Å². The van der Waals surface area contributed by atoms with Crippen LogP contribution in [-0.2, 0) is 24.7 Å². The van der Waals surface area contributed by atoms with Gasteiger partial charge in [-0.3, -0.25) is 14.2 Å². The number of amides is 1. The van der Waals surface area contributed by atoms with Gasteiger partial charge in [0.2, 0.25) is 5.91 Å². The molecule has 1 atom stereocenters. The molecule has 0 bridgehead atoms. The minimum absolute atomic E-state index is 0.0559. The lowest BCUT2D eigenvalue weighted by atomic mass is 10.1. The quantitative estimate of drug-likeness (QED) is 0.574. The summed E-state index contributed by atoms with van der Waals surface area (Å²) in [6.45, 7) is 3.02. The third kappa shape index (κ3) is 5.00. The average Bonchev–Trinajstić information content (AvgIpc) is 2.72. The van der Waals surface area contributed by atoms with E-state index < -0.39 is 0 Å². The number of aromatic nitrogens is 2. The maximum Gasteiger partial charge on any atom is 0.261 e. The van der Waals surface area contributed by atoms with Crippen LogP contribution >= 0.6 is 0 Å². The summed E-state index contributed by atoms with van der Waals surface area (Å²) >= 11 is 0. The van der Waals surface area contributed by atoms with Crippen molar-refractivity contribution in [2.24, 2.45) is 12.8 Å². The fourth-order valence-corrected chi connectivity index (χ4v) is 3.22. The number of hydrogen-bond acceptors (Lipinski definition) is 5. The lowest BCUT2D eigenvalue weighted by Gasteiger charge is -2.14. The number of benzene rings is 2. The molecule has 0 saturated carbocycles. The maximum absolute atomic E-state index is 12.4. The smallest absolute Gasteiger partial charge is 0.261 e. The second-order valence-electron chi connectivity index (χ2n) is 6.87. The molecule has 0 saturated heterocycles. The molecule has 0 fully saturated rings. The number of ether oxygens (including phenoxy) is 1. The van der Waals surface area contributed by atoms with Crippen molar-refractivity contribution in [2.75, 3.05) is 13.2 Å². The first-order valence-electron chi connectivity index (χ1n) is 9.68. The Bertz CT molecular complexity index is 1040. The van der Waals surface area contributed by atoms with Crippen LogP contribution in [0, 0.1) is 0 Å². The zero-order valence-electron chi connectivity index (χ0n) is 16.7. The number of rotatable bonds is 9. The van der Waals surface area contributed by atoms with E-state index in [4.69, 9.17) is 10.5 Å². The van der Waals surface area contributed by atoms with Crippen LogP contribution in [0.15, 0.2) is 53.3 Å². The lowest BCUT2D eigenvalue weighted by Crippen LogP contribution is -2.42. The molecule has 0 radical (unpaired) electrons. The highest BCUT2D eigenvalue weighted by Gasteiger charge is 2.14. The first-order valence-corrected chi connectivity index (χ1v) is 9.68. The number of nitrogens with zero attached hydrogens (tertiary/aromatic N) is 2. The highest BCUT2D eigenvalue weighted by molar-refractivity contribution is 5.80. The Morgan fingerprint density at radius 3 is 2.62 bits per heavy atom. The molecule has 7 heteroatoms. The van der Waals surface area contributed by atoms with Crippen molar-refractivity contribution in [1.82, 2.24) is 14.9 Å². The zero-order valence-corrected chi connectivity index (χ0v) is 16.7. The van der Waals surface area contributed by atoms with Gasteiger partial charge >= 0.3 is 0 Å². The molecule has 3 N–H and O–H groups in total. The molecule has 29 heavy (non-hydrogen) atoms. The zero-order chi connectivity index (χ0) is 20.8. The summed E-state index contributed by atoms with van der Waals surface area (Å²) in [5.74, 6) is 1.04. The number of para-hydroxylation sites is 1. The molecular formula is C22H26N4O3. The van der Waals surface area contributed by atoms with E-state index >= 15 is 0 Å². The van der Waals surface area contributed by atoms with E-state index in [2.05, 4.69) is 10.3 Å². The van der Waals surface area contributed by atoms with Gasteiger partial charge in [-0.25, -0.2) is 4.98 Å². The summed E-state index contributed by atoms with van der Waals surface area (Å²) in [5.41, 5.74) is 7.06. The molecule has 152 valence electrons. The number of carbonyl (C=O) groups is 1. The van der Waals surface area contributed by atoms with Crippen molar-refractivity contribution in [2.45, 2.75) is 25.8 Å². The van der Waals surface area contributed by atoms with E-state index in [1.165, 1.54) is 0 Å². The monoisotopic (exact) mass is 394 g/mol. The second kappa shape index (κ2) is 9.34. The molecule has 1 heterocycles. The standard InChI is InChI=1S/C22H26N4O3/c1-3-24-19(21(23)27)14-15-8-10-16(11-9-15)29-13-12-20-25-18-7-5-4-6-17(18)22(28)26(20)2/h4-11,19,24H,3,12-14H2,1-2H3,(H2,23,27). The number of primary amides is 1. The summed E-state index contributed by atoms with van der Waals surface area (Å²) in [4.78, 5) is 28.5. The van der Waals surface area contributed by atoms with Crippen molar-refractivity contribution in [3.8, 4) is 5.75 Å². The predicted molar refractivity (Wildman–Crippen MR) is 113 cm³/mol. The number of likely N-dealkylation sites (N-methyl/N-ethyl adjacent to an activating group) is 1. The predicted octanol–water partition coefficient (Wildman–Crippen LogP) is 1.56. The topological polar surface area (TPSA) is 99.2 Å². The van der Waals surface area contributed by atoms with Gasteiger partial charge in [-0.2, -0.15) is 0 Å². The van der Waals surface area contributed by atoms with Crippen LogP contribution in [0.4, 0.5) is 0 Å². The van der Waals surface area contributed by atoms with Crippen LogP contribution in [0.3, 0.4) is 0 Å². The highest BCUT2D eigenvalue weighted by Crippen LogP contribution is 2.14. The second-order valence-corrected chi connectivity index (χ2v) is 6.87. The van der Waals surface area contributed by atoms with E-state index in [-0.39, 0.29) is 17.5 Å². The SMILES string of the molecule is CCNC(Cc1ccc(OCCc2nc3ccccc3c(=O)n2C)cc1)C(N)=O. The fourth-order valence-electron chi connectivity index (χ4n) is 3.22. The number of fused-ring (bicyclic) bond motifs is 1. The van der Waals surface area contributed by atoms with Crippen LogP contribution in [0.2, 0.25) is 0 Å². The molecule has 7 nitrogen and oxygen atoms in total. The molecular weight excluding hydrogens is 368 g/mol. The van der Waals surface area contributed by atoms with Gasteiger partial charge in [-0.1, -0.05) is 31.2 Å². The average molecular weight is 394 g/mol. The Labute approximate surface area is 169 Å². The van der Waals surface area contributed by atoms with Crippen LogP contribution in [0.1, 0.15) is 18.3 Å². The van der Waals surface area contributed by atoms with Gasteiger partial charge in [-0.05, 0) is 42.8 Å². The molecule has 1 aromatic heterocycles. The van der Waals surface area contributed by atoms with Gasteiger partial charge in [0, 0.05) is 13.5 Å². The molecule has 0 aliphatic heterocycles. The third-order valence-electron chi connectivity index (χ3n) is 4.83. The summed E-state index contributed by atoms with van der Waals surface area (Å²) in [6.07, 6.45) is 1.05. The van der Waals surface area contributed by atoms with Gasteiger partial charge < -0.3 is 15.8 Å². The number of nitrogens with one attached hydrogen (secondary N) is 1. The van der Waals surface area contributed by atoms with E-state index in [1.54, 1.807) is 17.7 Å². The van der Waals surface area contributed by atoms with Gasteiger partial charge in [0.1, 0.15) is 11.6 Å². The number of nitrogens with two attached hydrogens (primary N) is 1. The molecule has 3 aromatic rings. The molecule has 2 aromatic carbocycles. The van der Waals surface area contributed by atoms with E-state index in [1.807, 2.05) is 49.4 Å². The van der Waals surface area contributed by atoms with Gasteiger partial charge in [0.25, 0.3) is 5.56 Å². The fraction of sp³-hybridized carbons (Fsp3) is 0.318. The summed E-state index contributed by atoms with van der Waals surface area (Å²) < 4.78 is 7.38. The molecule has 1 amide bonds. The summed E-state index contributed by atoms with van der Waals surface area (Å²) in [6, 6.07) is 14.5. The lowest BCUT2D eigenvalue weighted by molar-refractivity contribution is -0.120. The largest absolute Gasteiger partial charge is 0.493 e. The van der Waals surface area contributed by atoms with E-state index in [0.29, 0.717) is 42.7 Å². The number of carbonyl (C=O) groups excluding carboxylic acids is 1. The Kier molecular flexibility index (Phi) is 6.61. The van der Waals surface area contributed by atoms with Gasteiger partial charge in [0.05, 0.1) is 23.6 Å². The summed E-state index contributed by atoms with van der Waals surface area (Å²) in [7, 11) is 1.73. The molecule has 0 spiro atoms. The Morgan fingerprint density at radius 1 is 1.21 bits per heavy atom. The van der Waals surface area contributed by atoms with Crippen LogP contribution < -0.4 is 21.3 Å². The third-order valence-corrected chi connectivity index (χ3v) is 4.83. The van der Waals surface area contributed by atoms with Crippen molar-refractivity contribution >= 4 is 16.8 Å². The minimum Gasteiger partial charge on any atom is -0.493 e. The first-order chi connectivity index (χ1) is 14.0. The molecule has 0 aliphatic carbocycles. The summed E-state index contributed by atoms with van der Waals surface area (Å²) in [5, 5.41) is 3.69. The van der Waals surface area contributed by atoms with Crippen molar-refractivity contribution < 1.29 is 9.53 Å². The van der Waals surface area contributed by atoms with Gasteiger partial charge in [-0.15, -0.1) is 0 Å². The molecule has 0 aliphatic rings. The number of hydrogen-bond donors (Lipinski definition) is 2. The van der Waals surface area contributed by atoms with Crippen molar-refractivity contribution in [3.63, 3.8) is 0 Å². The van der Waals surface area contributed by atoms with Crippen LogP contribution in [0.5, 0.6) is 5.75 Å². The normalized spacial score (nSPS) is 12.1. The van der Waals surface area contributed by atoms with Crippen LogP contribution in [0.25, 0.3) is 10.9 Å². The minimum atomic E-state index is -0.382. The Morgan fingerprint density at radius 2 is 1.93 bits per heavy atom. The van der Waals surface area contributed by atoms with E-state index in [0.717, 1.165) is 11.3 Å². The first kappa shape index (κ1) is 20.5. The van der Waals surface area contributed by atoms with Gasteiger partial charge in [0.15, 0.2) is 0 Å². The Hall–Kier alpha value is -3.19.